The van der Waals surface area contributed by atoms with Crippen molar-refractivity contribution in [1.29, 1.82) is 0 Å². The topological polar surface area (TPSA) is 58.2 Å². The fraction of sp³-hybridized carbons (Fsp3) is 0.600. The average molecular weight is 296 g/mol. The van der Waals surface area contributed by atoms with Crippen LogP contribution < -0.4 is 10.0 Å². The highest BCUT2D eigenvalue weighted by atomic mass is 32.2. The van der Waals surface area contributed by atoms with E-state index >= 15 is 0 Å². The molecule has 1 aliphatic carbocycles. The van der Waals surface area contributed by atoms with Gasteiger partial charge in [0.25, 0.3) is 0 Å². The lowest BCUT2D eigenvalue weighted by Gasteiger charge is -2.25. The van der Waals surface area contributed by atoms with Crippen LogP contribution in [0.4, 0.5) is 0 Å². The van der Waals surface area contributed by atoms with Gasteiger partial charge in [0.15, 0.2) is 0 Å². The molecule has 1 saturated carbocycles. The van der Waals surface area contributed by atoms with E-state index in [0.29, 0.717) is 6.54 Å². The van der Waals surface area contributed by atoms with Crippen LogP contribution in [0.3, 0.4) is 0 Å². The van der Waals surface area contributed by atoms with Crippen molar-refractivity contribution >= 4 is 10.0 Å². The molecule has 1 atom stereocenters. The van der Waals surface area contributed by atoms with Crippen molar-refractivity contribution in [3.05, 3.63) is 35.4 Å². The van der Waals surface area contributed by atoms with Gasteiger partial charge in [0.2, 0.25) is 10.0 Å². The lowest BCUT2D eigenvalue weighted by molar-refractivity contribution is 0.433. The van der Waals surface area contributed by atoms with Gasteiger partial charge in [-0.25, -0.2) is 13.1 Å². The summed E-state index contributed by atoms with van der Waals surface area (Å²) in [5.74, 6) is 0.128. The molecular formula is C15H24N2O2S. The molecule has 0 unspecified atom stereocenters. The molecule has 0 saturated heterocycles. The third-order valence-electron chi connectivity index (χ3n) is 3.92. The summed E-state index contributed by atoms with van der Waals surface area (Å²) in [6.45, 7) is 6.23. The van der Waals surface area contributed by atoms with Crippen LogP contribution in [0.1, 0.15) is 37.8 Å². The van der Waals surface area contributed by atoms with Crippen LogP contribution in [0, 0.1) is 6.92 Å². The second-order valence-corrected chi connectivity index (χ2v) is 7.79. The summed E-state index contributed by atoms with van der Waals surface area (Å²) in [4.78, 5) is 0. The minimum Gasteiger partial charge on any atom is -0.304 e. The molecule has 2 N–H and O–H groups in total. The second kappa shape index (κ2) is 5.84. The van der Waals surface area contributed by atoms with Crippen LogP contribution in [0.15, 0.2) is 24.3 Å². The van der Waals surface area contributed by atoms with Gasteiger partial charge in [0.1, 0.15) is 0 Å². The number of aryl methyl sites for hydroxylation is 1. The highest BCUT2D eigenvalue weighted by Crippen LogP contribution is 2.46. The summed E-state index contributed by atoms with van der Waals surface area (Å²) in [7, 11) is -3.11. The van der Waals surface area contributed by atoms with Gasteiger partial charge in [-0.05, 0) is 44.7 Å². The summed E-state index contributed by atoms with van der Waals surface area (Å²) in [6.07, 6.45) is 2.23. The summed E-state index contributed by atoms with van der Waals surface area (Å²) in [5, 5.41) is 3.59. The van der Waals surface area contributed by atoms with Crippen molar-refractivity contribution in [3.63, 3.8) is 0 Å². The highest BCUT2D eigenvalue weighted by molar-refractivity contribution is 7.89. The van der Waals surface area contributed by atoms with E-state index < -0.39 is 10.0 Å². The molecule has 0 heterocycles. The number of hydrogen-bond donors (Lipinski definition) is 2. The third kappa shape index (κ3) is 3.59. The Balaban J connectivity index is 1.98. The minimum atomic E-state index is -3.11. The van der Waals surface area contributed by atoms with Gasteiger partial charge in [-0.1, -0.05) is 24.3 Å². The summed E-state index contributed by atoms with van der Waals surface area (Å²) in [5.41, 5.74) is 2.67. The maximum atomic E-state index is 11.5. The second-order valence-electron chi connectivity index (χ2n) is 5.69. The number of nitrogens with one attached hydrogen (secondary N) is 2. The Hall–Kier alpha value is -0.910. The first kappa shape index (κ1) is 15.5. The third-order valence-corrected chi connectivity index (χ3v) is 5.29. The zero-order valence-corrected chi connectivity index (χ0v) is 13.3. The van der Waals surface area contributed by atoms with E-state index in [1.54, 1.807) is 6.92 Å². The van der Waals surface area contributed by atoms with E-state index in [-0.39, 0.29) is 17.3 Å². The number of benzene rings is 1. The van der Waals surface area contributed by atoms with Crippen molar-refractivity contribution in [2.45, 2.75) is 45.2 Å². The van der Waals surface area contributed by atoms with Crippen molar-refractivity contribution in [2.24, 2.45) is 0 Å². The maximum Gasteiger partial charge on any atom is 0.211 e. The normalized spacial score (nSPS) is 18.8. The molecule has 5 heteroatoms. The molecule has 1 aliphatic rings. The molecule has 0 amide bonds. The summed E-state index contributed by atoms with van der Waals surface area (Å²) >= 11 is 0. The predicted molar refractivity (Wildman–Crippen MR) is 82.2 cm³/mol. The smallest absolute Gasteiger partial charge is 0.211 e. The number of rotatable bonds is 7. The van der Waals surface area contributed by atoms with Crippen molar-refractivity contribution in [2.75, 3.05) is 12.3 Å². The standard InChI is InChI=1S/C15H24N2O2S/c1-4-20(18,19)16-11-13(3)17-15(9-10-15)14-8-6-5-7-12(14)2/h5-8,13,16-17H,4,9-11H2,1-3H3/t13-/m0/s1. The van der Waals surface area contributed by atoms with Crippen LogP contribution in [0.5, 0.6) is 0 Å². The Bertz CT molecular complexity index is 565. The highest BCUT2D eigenvalue weighted by Gasteiger charge is 2.45. The molecule has 1 aromatic rings. The van der Waals surface area contributed by atoms with Gasteiger partial charge in [0.05, 0.1) is 5.75 Å². The lowest BCUT2D eigenvalue weighted by Crippen LogP contribution is -2.44. The van der Waals surface area contributed by atoms with E-state index in [4.69, 9.17) is 0 Å². The zero-order chi connectivity index (χ0) is 14.8. The molecular weight excluding hydrogens is 272 g/mol. The van der Waals surface area contributed by atoms with E-state index in [9.17, 15) is 8.42 Å². The van der Waals surface area contributed by atoms with Crippen molar-refractivity contribution in [3.8, 4) is 0 Å². The van der Waals surface area contributed by atoms with Gasteiger partial charge < -0.3 is 5.32 Å². The fourth-order valence-electron chi connectivity index (χ4n) is 2.60. The first-order valence-corrected chi connectivity index (χ1v) is 8.85. The van der Waals surface area contributed by atoms with Gasteiger partial charge in [0, 0.05) is 18.1 Å². The van der Waals surface area contributed by atoms with Crippen molar-refractivity contribution in [1.82, 2.24) is 10.0 Å². The first-order valence-electron chi connectivity index (χ1n) is 7.20. The van der Waals surface area contributed by atoms with E-state index in [1.807, 2.05) is 13.0 Å². The zero-order valence-electron chi connectivity index (χ0n) is 12.4. The molecule has 1 fully saturated rings. The molecule has 0 bridgehead atoms. The maximum absolute atomic E-state index is 11.5. The van der Waals surface area contributed by atoms with Gasteiger partial charge >= 0.3 is 0 Å². The van der Waals surface area contributed by atoms with E-state index in [2.05, 4.69) is 35.2 Å². The van der Waals surface area contributed by atoms with Crippen molar-refractivity contribution < 1.29 is 8.42 Å². The number of sulfonamides is 1. The van der Waals surface area contributed by atoms with Crippen LogP contribution in [0.25, 0.3) is 0 Å². The Morgan fingerprint density at radius 1 is 1.30 bits per heavy atom. The molecule has 20 heavy (non-hydrogen) atoms. The van der Waals surface area contributed by atoms with E-state index in [0.717, 1.165) is 12.8 Å². The van der Waals surface area contributed by atoms with Gasteiger partial charge in [-0.15, -0.1) is 0 Å². The Kier molecular flexibility index (Phi) is 4.52. The summed E-state index contributed by atoms with van der Waals surface area (Å²) in [6, 6.07) is 8.51. The molecule has 2 rings (SSSR count). The molecule has 0 aromatic heterocycles. The quantitative estimate of drug-likeness (QED) is 0.808. The fourth-order valence-corrected chi connectivity index (χ4v) is 3.31. The largest absolute Gasteiger partial charge is 0.304 e. The van der Waals surface area contributed by atoms with Crippen LogP contribution >= 0.6 is 0 Å². The molecule has 4 nitrogen and oxygen atoms in total. The predicted octanol–water partition coefficient (Wildman–Crippen LogP) is 1.90. The average Bonchev–Trinajstić information content (AvgIpc) is 3.18. The van der Waals surface area contributed by atoms with Gasteiger partial charge in [-0.3, -0.25) is 0 Å². The lowest BCUT2D eigenvalue weighted by atomic mass is 9.98. The monoisotopic (exact) mass is 296 g/mol. The summed E-state index contributed by atoms with van der Waals surface area (Å²) < 4.78 is 25.6. The Morgan fingerprint density at radius 2 is 1.95 bits per heavy atom. The van der Waals surface area contributed by atoms with Crippen LogP contribution in [0.2, 0.25) is 0 Å². The van der Waals surface area contributed by atoms with Crippen LogP contribution in [-0.2, 0) is 15.6 Å². The molecule has 112 valence electrons. The Morgan fingerprint density at radius 3 is 2.50 bits per heavy atom. The molecule has 1 aromatic carbocycles. The minimum absolute atomic E-state index is 0.0441. The number of hydrogen-bond acceptors (Lipinski definition) is 3. The van der Waals surface area contributed by atoms with Gasteiger partial charge in [-0.2, -0.15) is 0 Å². The van der Waals surface area contributed by atoms with E-state index in [1.165, 1.54) is 11.1 Å². The Labute approximate surface area is 122 Å². The first-order chi connectivity index (χ1) is 9.38. The molecule has 0 radical (unpaired) electrons. The SMILES string of the molecule is CCS(=O)(=O)NC[C@H](C)NC1(c2ccccc2C)CC1. The molecule has 0 aliphatic heterocycles. The van der Waals surface area contributed by atoms with Crippen LogP contribution in [-0.4, -0.2) is 26.8 Å². The molecule has 0 spiro atoms.